The largest absolute Gasteiger partial charge is 0.355 e. The Balaban J connectivity index is 1.69. The van der Waals surface area contributed by atoms with Gasteiger partial charge in [0.25, 0.3) is 0 Å². The number of para-hydroxylation sites is 1. The summed E-state index contributed by atoms with van der Waals surface area (Å²) in [6.45, 7) is 0. The molecule has 0 atom stereocenters. The van der Waals surface area contributed by atoms with E-state index in [-0.39, 0.29) is 5.82 Å². The molecule has 0 radical (unpaired) electrons. The van der Waals surface area contributed by atoms with E-state index in [1.54, 1.807) is 18.2 Å². The lowest BCUT2D eigenvalue weighted by Crippen LogP contribution is -1.82. The van der Waals surface area contributed by atoms with Crippen LogP contribution in [0.5, 0.6) is 0 Å². The second-order valence-corrected chi connectivity index (χ2v) is 6.52. The van der Waals surface area contributed by atoms with Crippen molar-refractivity contribution in [1.82, 2.24) is 9.97 Å². The molecule has 0 unspecified atom stereocenters. The van der Waals surface area contributed by atoms with Crippen molar-refractivity contribution in [3.05, 3.63) is 77.2 Å². The van der Waals surface area contributed by atoms with Crippen molar-refractivity contribution in [2.45, 2.75) is 0 Å². The molecule has 0 saturated heterocycles. The average Bonchev–Trinajstić information content (AvgIpc) is 3.27. The molecule has 0 saturated carbocycles. The number of aromatic nitrogens is 2. The number of nitrogens with one attached hydrogen (secondary N) is 1. The third-order valence-electron chi connectivity index (χ3n) is 3.81. The average molecular weight is 345 g/mol. The van der Waals surface area contributed by atoms with Crippen molar-refractivity contribution in [3.8, 4) is 17.3 Å². The van der Waals surface area contributed by atoms with Crippen LogP contribution >= 0.6 is 11.3 Å². The quantitative estimate of drug-likeness (QED) is 0.499. The maximum Gasteiger partial charge on any atom is 0.135 e. The molecule has 0 bridgehead atoms. The minimum atomic E-state index is -0.266. The van der Waals surface area contributed by atoms with Gasteiger partial charge in [-0.25, -0.2) is 9.37 Å². The first kappa shape index (κ1) is 15.3. The fraction of sp³-hybridized carbons (Fsp3) is 0. The second-order valence-electron chi connectivity index (χ2n) is 5.49. The highest BCUT2D eigenvalue weighted by molar-refractivity contribution is 7.19. The number of benzene rings is 2. The summed E-state index contributed by atoms with van der Waals surface area (Å²) in [6.07, 6.45) is 1.78. The smallest absolute Gasteiger partial charge is 0.135 e. The van der Waals surface area contributed by atoms with Gasteiger partial charge in [0.05, 0.1) is 15.8 Å². The van der Waals surface area contributed by atoms with Crippen molar-refractivity contribution >= 4 is 33.2 Å². The molecule has 0 aliphatic rings. The van der Waals surface area contributed by atoms with E-state index in [0.717, 1.165) is 27.2 Å². The number of fused-ring (bicyclic) bond motifs is 1. The summed E-state index contributed by atoms with van der Waals surface area (Å²) in [5, 5.41) is 10.2. The maximum atomic E-state index is 13.0. The number of hydrogen-bond acceptors (Lipinski definition) is 3. The fourth-order valence-corrected chi connectivity index (χ4v) is 3.51. The molecule has 120 valence electrons. The number of thiazole rings is 1. The monoisotopic (exact) mass is 345 g/mol. The molecule has 0 fully saturated rings. The van der Waals surface area contributed by atoms with Gasteiger partial charge in [-0.2, -0.15) is 5.26 Å². The highest BCUT2D eigenvalue weighted by Gasteiger charge is 2.09. The van der Waals surface area contributed by atoms with E-state index in [2.05, 4.69) is 16.0 Å². The van der Waals surface area contributed by atoms with E-state index in [0.29, 0.717) is 10.6 Å². The molecule has 2 aromatic heterocycles. The van der Waals surface area contributed by atoms with E-state index in [4.69, 9.17) is 0 Å². The van der Waals surface area contributed by atoms with Crippen LogP contribution < -0.4 is 0 Å². The second kappa shape index (κ2) is 6.34. The lowest BCUT2D eigenvalue weighted by Gasteiger charge is -1.97. The van der Waals surface area contributed by atoms with E-state index >= 15 is 0 Å². The van der Waals surface area contributed by atoms with E-state index in [1.165, 1.54) is 23.5 Å². The van der Waals surface area contributed by atoms with Crippen molar-refractivity contribution in [1.29, 1.82) is 5.26 Å². The Morgan fingerprint density at radius 3 is 2.64 bits per heavy atom. The molecule has 4 rings (SSSR count). The minimum absolute atomic E-state index is 0.266. The van der Waals surface area contributed by atoms with Crippen LogP contribution in [0.15, 0.2) is 60.7 Å². The molecule has 0 amide bonds. The summed E-state index contributed by atoms with van der Waals surface area (Å²) >= 11 is 1.50. The van der Waals surface area contributed by atoms with Gasteiger partial charge >= 0.3 is 0 Å². The zero-order chi connectivity index (χ0) is 17.2. The van der Waals surface area contributed by atoms with E-state index in [9.17, 15) is 9.65 Å². The first-order valence-corrected chi connectivity index (χ1v) is 8.47. The Hall–Kier alpha value is -3.23. The zero-order valence-corrected chi connectivity index (χ0v) is 13.8. The van der Waals surface area contributed by atoms with Crippen molar-refractivity contribution in [3.63, 3.8) is 0 Å². The summed E-state index contributed by atoms with van der Waals surface area (Å²) in [4.78, 5) is 7.77. The van der Waals surface area contributed by atoms with E-state index < -0.39 is 0 Å². The van der Waals surface area contributed by atoms with Crippen LogP contribution in [0.3, 0.4) is 0 Å². The maximum absolute atomic E-state index is 13.0. The summed E-state index contributed by atoms with van der Waals surface area (Å²) in [6, 6.07) is 20.1. The highest BCUT2D eigenvalue weighted by Crippen LogP contribution is 2.28. The molecule has 4 aromatic rings. The topological polar surface area (TPSA) is 52.5 Å². The Bertz CT molecular complexity index is 1080. The van der Waals surface area contributed by atoms with Crippen LogP contribution in [-0.2, 0) is 0 Å². The van der Waals surface area contributed by atoms with Gasteiger partial charge in [-0.3, -0.25) is 0 Å². The van der Waals surface area contributed by atoms with Crippen LogP contribution in [0.2, 0.25) is 0 Å². The van der Waals surface area contributed by atoms with Crippen LogP contribution in [-0.4, -0.2) is 9.97 Å². The third-order valence-corrected chi connectivity index (χ3v) is 4.88. The Morgan fingerprint density at radius 1 is 1.08 bits per heavy atom. The molecule has 2 aromatic carbocycles. The molecule has 0 aliphatic carbocycles. The minimum Gasteiger partial charge on any atom is -0.355 e. The number of nitrogens with zero attached hydrogens (tertiary/aromatic N) is 2. The van der Waals surface area contributed by atoms with Gasteiger partial charge in [0.1, 0.15) is 16.9 Å². The number of hydrogen-bond donors (Lipinski definition) is 1. The van der Waals surface area contributed by atoms with E-state index in [1.807, 2.05) is 36.4 Å². The molecule has 25 heavy (non-hydrogen) atoms. The first-order valence-electron chi connectivity index (χ1n) is 7.65. The van der Waals surface area contributed by atoms with Crippen LogP contribution in [0, 0.1) is 17.1 Å². The Kier molecular flexibility index (Phi) is 3.88. The molecule has 0 aliphatic heterocycles. The SMILES string of the molecule is N#CC(=Cc1ccc(-c2ccc(F)cc2)[nH]1)c1nc2ccccc2s1. The molecule has 0 spiro atoms. The van der Waals surface area contributed by atoms with Gasteiger partial charge in [-0.1, -0.05) is 12.1 Å². The third kappa shape index (κ3) is 3.08. The fourth-order valence-electron chi connectivity index (χ4n) is 2.58. The number of allylic oxidation sites excluding steroid dienone is 1. The molecule has 1 N–H and O–H groups in total. The van der Waals surface area contributed by atoms with Crippen LogP contribution in [0.4, 0.5) is 4.39 Å². The molecule has 5 heteroatoms. The van der Waals surface area contributed by atoms with Gasteiger partial charge < -0.3 is 4.98 Å². The van der Waals surface area contributed by atoms with Gasteiger partial charge in [0.15, 0.2) is 0 Å². The number of rotatable bonds is 3. The van der Waals surface area contributed by atoms with Crippen molar-refractivity contribution in [2.24, 2.45) is 0 Å². The molecular formula is C20H12FN3S. The standard InChI is InChI=1S/C20H12FN3S/c21-15-7-5-13(6-8-15)17-10-9-16(23-17)11-14(12-22)20-24-18-3-1-2-4-19(18)25-20/h1-11,23H. The van der Waals surface area contributed by atoms with Crippen molar-refractivity contribution < 1.29 is 4.39 Å². The lowest BCUT2D eigenvalue weighted by atomic mass is 10.1. The van der Waals surface area contributed by atoms with Crippen LogP contribution in [0.25, 0.3) is 33.1 Å². The number of H-pyrrole nitrogens is 1. The summed E-state index contributed by atoms with van der Waals surface area (Å²) in [5.41, 5.74) is 3.96. The van der Waals surface area contributed by atoms with Crippen LogP contribution in [0.1, 0.15) is 10.7 Å². The van der Waals surface area contributed by atoms with Gasteiger partial charge in [-0.15, -0.1) is 11.3 Å². The zero-order valence-electron chi connectivity index (χ0n) is 13.0. The first-order chi connectivity index (χ1) is 12.2. The Labute approximate surface area is 147 Å². The lowest BCUT2D eigenvalue weighted by molar-refractivity contribution is 0.628. The normalized spacial score (nSPS) is 11.6. The number of halogens is 1. The summed E-state index contributed by atoms with van der Waals surface area (Å²) in [7, 11) is 0. The van der Waals surface area contributed by atoms with Gasteiger partial charge in [0, 0.05) is 11.4 Å². The molecule has 2 heterocycles. The number of aromatic amines is 1. The molecular weight excluding hydrogens is 333 g/mol. The predicted octanol–water partition coefficient (Wildman–Crippen LogP) is 5.49. The summed E-state index contributed by atoms with van der Waals surface area (Å²) < 4.78 is 14.1. The predicted molar refractivity (Wildman–Crippen MR) is 99.3 cm³/mol. The van der Waals surface area contributed by atoms with Crippen molar-refractivity contribution in [2.75, 3.05) is 0 Å². The summed E-state index contributed by atoms with van der Waals surface area (Å²) in [5.74, 6) is -0.266. The van der Waals surface area contributed by atoms with Gasteiger partial charge in [0.2, 0.25) is 0 Å². The van der Waals surface area contributed by atoms with Gasteiger partial charge in [-0.05, 0) is 60.2 Å². The highest BCUT2D eigenvalue weighted by atomic mass is 32.1. The molecule has 3 nitrogen and oxygen atoms in total. The Morgan fingerprint density at radius 2 is 1.88 bits per heavy atom. The number of nitriles is 1.